The Bertz CT molecular complexity index is 580. The minimum atomic E-state index is 0.516. The Kier molecular flexibility index (Phi) is 3.50. The molecule has 3 rings (SSSR count). The molecule has 3 nitrogen and oxygen atoms in total. The van der Waals surface area contributed by atoms with Gasteiger partial charge in [0.2, 0.25) is 0 Å². The molecule has 0 radical (unpaired) electrons. The zero-order valence-corrected chi connectivity index (χ0v) is 11.8. The molecule has 2 aromatic carbocycles. The van der Waals surface area contributed by atoms with Gasteiger partial charge in [-0.2, -0.15) is 0 Å². The number of nitrogens with zero attached hydrogens (tertiary/aromatic N) is 1. The molecule has 104 valence electrons. The van der Waals surface area contributed by atoms with Crippen LogP contribution < -0.4 is 15.4 Å². The molecule has 1 unspecified atom stereocenters. The molecule has 1 aliphatic heterocycles. The molecule has 0 saturated heterocycles. The maximum atomic E-state index is 5.74. The minimum absolute atomic E-state index is 0.516. The van der Waals surface area contributed by atoms with Crippen LogP contribution in [0.1, 0.15) is 17.9 Å². The van der Waals surface area contributed by atoms with Crippen LogP contribution in [0.15, 0.2) is 48.5 Å². The highest BCUT2D eigenvalue weighted by Gasteiger charge is 2.22. The van der Waals surface area contributed by atoms with Crippen LogP contribution >= 0.6 is 0 Å². The minimum Gasteiger partial charge on any atom is -0.493 e. The fraction of sp³-hybridized carbons (Fsp3) is 0.294. The van der Waals surface area contributed by atoms with Crippen molar-refractivity contribution >= 4 is 11.4 Å². The number of ether oxygens (including phenoxy) is 1. The van der Waals surface area contributed by atoms with Crippen molar-refractivity contribution < 1.29 is 4.74 Å². The van der Waals surface area contributed by atoms with Crippen LogP contribution in [0.4, 0.5) is 11.4 Å². The Hall–Kier alpha value is -2.16. The lowest BCUT2D eigenvalue weighted by molar-refractivity contribution is 0.268. The smallest absolute Gasteiger partial charge is 0.122 e. The first-order valence-corrected chi connectivity index (χ1v) is 7.02. The summed E-state index contributed by atoms with van der Waals surface area (Å²) in [5, 5.41) is 0. The second-order valence-electron chi connectivity index (χ2n) is 5.34. The summed E-state index contributed by atoms with van der Waals surface area (Å²) in [6.07, 6.45) is 1.07. The van der Waals surface area contributed by atoms with Crippen molar-refractivity contribution in [2.45, 2.75) is 12.3 Å². The second kappa shape index (κ2) is 5.45. The number of nitrogen functional groups attached to an aromatic ring is 1. The summed E-state index contributed by atoms with van der Waals surface area (Å²) in [5.41, 5.74) is 9.06. The van der Waals surface area contributed by atoms with Crippen molar-refractivity contribution in [1.29, 1.82) is 0 Å². The Morgan fingerprint density at radius 3 is 2.70 bits per heavy atom. The summed E-state index contributed by atoms with van der Waals surface area (Å²) in [6, 6.07) is 16.4. The van der Waals surface area contributed by atoms with Gasteiger partial charge in [-0.3, -0.25) is 0 Å². The van der Waals surface area contributed by atoms with Crippen molar-refractivity contribution in [3.63, 3.8) is 0 Å². The van der Waals surface area contributed by atoms with Gasteiger partial charge in [0.05, 0.1) is 6.61 Å². The third-order valence-electron chi connectivity index (χ3n) is 3.91. The lowest BCUT2D eigenvalue weighted by Gasteiger charge is -2.30. The zero-order valence-electron chi connectivity index (χ0n) is 11.8. The molecule has 2 N–H and O–H groups in total. The predicted octanol–water partition coefficient (Wildman–Crippen LogP) is 3.27. The van der Waals surface area contributed by atoms with Gasteiger partial charge >= 0.3 is 0 Å². The number of hydrogen-bond acceptors (Lipinski definition) is 3. The number of fused-ring (bicyclic) bond motifs is 1. The van der Waals surface area contributed by atoms with Crippen LogP contribution in [0.5, 0.6) is 5.75 Å². The van der Waals surface area contributed by atoms with Crippen LogP contribution in [0.25, 0.3) is 0 Å². The molecule has 0 aromatic heterocycles. The molecule has 0 aliphatic carbocycles. The molecule has 0 bridgehead atoms. The van der Waals surface area contributed by atoms with Crippen LogP contribution in [0.3, 0.4) is 0 Å². The molecule has 0 fully saturated rings. The molecule has 0 spiro atoms. The molecule has 1 aliphatic rings. The summed E-state index contributed by atoms with van der Waals surface area (Å²) in [5.74, 6) is 1.55. The highest BCUT2D eigenvalue weighted by molar-refractivity contribution is 5.53. The monoisotopic (exact) mass is 268 g/mol. The average Bonchev–Trinajstić information content (AvgIpc) is 2.48. The molecule has 1 heterocycles. The van der Waals surface area contributed by atoms with Crippen LogP contribution in [0.2, 0.25) is 0 Å². The average molecular weight is 268 g/mol. The summed E-state index contributed by atoms with van der Waals surface area (Å²) in [6.45, 7) is 1.79. The number of rotatable bonds is 3. The van der Waals surface area contributed by atoms with Gasteiger partial charge in [-0.15, -0.1) is 0 Å². The summed E-state index contributed by atoms with van der Waals surface area (Å²) >= 11 is 0. The molecular formula is C17H20N2O. The van der Waals surface area contributed by atoms with Gasteiger partial charge in [-0.05, 0) is 42.3 Å². The molecule has 0 amide bonds. The number of hydrogen-bond donors (Lipinski definition) is 1. The van der Waals surface area contributed by atoms with Crippen molar-refractivity contribution in [2.75, 3.05) is 30.8 Å². The SMILES string of the molecule is CN(CC1CCOc2ccccc21)c1ccc(N)cc1. The molecule has 0 saturated carbocycles. The first-order chi connectivity index (χ1) is 9.74. The second-order valence-corrected chi connectivity index (χ2v) is 5.34. The van der Waals surface area contributed by atoms with E-state index in [1.165, 1.54) is 11.3 Å². The highest BCUT2D eigenvalue weighted by atomic mass is 16.5. The van der Waals surface area contributed by atoms with Gasteiger partial charge in [-0.25, -0.2) is 0 Å². The molecule has 2 aromatic rings. The summed E-state index contributed by atoms with van der Waals surface area (Å²) in [7, 11) is 2.13. The van der Waals surface area contributed by atoms with Gasteiger partial charge in [0, 0.05) is 30.9 Å². The number of likely N-dealkylation sites (N-methyl/N-ethyl adjacent to an activating group) is 1. The van der Waals surface area contributed by atoms with Gasteiger partial charge in [-0.1, -0.05) is 18.2 Å². The van der Waals surface area contributed by atoms with Gasteiger partial charge < -0.3 is 15.4 Å². The van der Waals surface area contributed by atoms with Crippen molar-refractivity contribution in [2.24, 2.45) is 0 Å². The van der Waals surface area contributed by atoms with Crippen LogP contribution in [-0.2, 0) is 0 Å². The first kappa shape index (κ1) is 12.9. The van der Waals surface area contributed by atoms with E-state index < -0.39 is 0 Å². The fourth-order valence-corrected chi connectivity index (χ4v) is 2.77. The first-order valence-electron chi connectivity index (χ1n) is 7.02. The van der Waals surface area contributed by atoms with E-state index in [-0.39, 0.29) is 0 Å². The van der Waals surface area contributed by atoms with Crippen molar-refractivity contribution in [3.05, 3.63) is 54.1 Å². The largest absolute Gasteiger partial charge is 0.493 e. The van der Waals surface area contributed by atoms with E-state index >= 15 is 0 Å². The van der Waals surface area contributed by atoms with E-state index in [2.05, 4.69) is 42.3 Å². The van der Waals surface area contributed by atoms with Gasteiger partial charge in [0.1, 0.15) is 5.75 Å². The Balaban J connectivity index is 1.77. The normalized spacial score (nSPS) is 17.1. The Morgan fingerprint density at radius 1 is 1.15 bits per heavy atom. The van der Waals surface area contributed by atoms with Gasteiger partial charge in [0.15, 0.2) is 0 Å². The number of benzene rings is 2. The third kappa shape index (κ3) is 2.57. The summed E-state index contributed by atoms with van der Waals surface area (Å²) in [4.78, 5) is 2.28. The fourth-order valence-electron chi connectivity index (χ4n) is 2.77. The lowest BCUT2D eigenvalue weighted by atomic mass is 9.92. The summed E-state index contributed by atoms with van der Waals surface area (Å²) < 4.78 is 5.72. The topological polar surface area (TPSA) is 38.5 Å². The molecule has 3 heteroatoms. The van der Waals surface area contributed by atoms with Crippen molar-refractivity contribution in [3.8, 4) is 5.75 Å². The highest BCUT2D eigenvalue weighted by Crippen LogP contribution is 2.34. The molecular weight excluding hydrogens is 248 g/mol. The van der Waals surface area contributed by atoms with Crippen molar-refractivity contribution in [1.82, 2.24) is 0 Å². The lowest BCUT2D eigenvalue weighted by Crippen LogP contribution is -2.27. The maximum absolute atomic E-state index is 5.74. The Labute approximate surface area is 120 Å². The van der Waals surface area contributed by atoms with E-state index in [9.17, 15) is 0 Å². The van der Waals surface area contributed by atoms with E-state index in [4.69, 9.17) is 10.5 Å². The van der Waals surface area contributed by atoms with Crippen LogP contribution in [-0.4, -0.2) is 20.2 Å². The van der Waals surface area contributed by atoms with E-state index in [0.29, 0.717) is 5.92 Å². The van der Waals surface area contributed by atoms with E-state index in [1.807, 2.05) is 18.2 Å². The van der Waals surface area contributed by atoms with Crippen LogP contribution in [0, 0.1) is 0 Å². The third-order valence-corrected chi connectivity index (χ3v) is 3.91. The predicted molar refractivity (Wildman–Crippen MR) is 83.4 cm³/mol. The standard InChI is InChI=1S/C17H20N2O/c1-19(15-8-6-14(18)7-9-15)12-13-10-11-20-17-5-3-2-4-16(13)17/h2-9,13H,10-12,18H2,1H3. The number of para-hydroxylation sites is 1. The zero-order chi connectivity index (χ0) is 13.9. The van der Waals surface area contributed by atoms with Gasteiger partial charge in [0.25, 0.3) is 0 Å². The van der Waals surface area contributed by atoms with E-state index in [0.717, 1.165) is 31.0 Å². The van der Waals surface area contributed by atoms with E-state index in [1.54, 1.807) is 0 Å². The molecule has 1 atom stereocenters. The number of nitrogens with two attached hydrogens (primary N) is 1. The Morgan fingerprint density at radius 2 is 1.90 bits per heavy atom. The quantitative estimate of drug-likeness (QED) is 0.868. The number of anilines is 2. The maximum Gasteiger partial charge on any atom is 0.122 e. The molecule has 20 heavy (non-hydrogen) atoms.